The first-order valence-electron chi connectivity index (χ1n) is 6.37. The van der Waals surface area contributed by atoms with Crippen LogP contribution in [-0.2, 0) is 0 Å². The molecule has 0 amide bonds. The second-order valence-electron chi connectivity index (χ2n) is 4.25. The fourth-order valence-electron chi connectivity index (χ4n) is 2.10. The largest absolute Gasteiger partial charge is 0.497 e. The molecule has 6 nitrogen and oxygen atoms in total. The molecule has 1 aromatic carbocycles. The van der Waals surface area contributed by atoms with Crippen molar-refractivity contribution in [1.29, 1.82) is 0 Å². The van der Waals surface area contributed by atoms with Crippen molar-refractivity contribution in [3.8, 4) is 28.6 Å². The highest BCUT2D eigenvalue weighted by atomic mass is 16.5. The fraction of sp³-hybridized carbons (Fsp3) is 0.133. The topological polar surface area (TPSA) is 62.1 Å². The van der Waals surface area contributed by atoms with Crippen LogP contribution in [0.25, 0.3) is 16.9 Å². The van der Waals surface area contributed by atoms with E-state index in [-0.39, 0.29) is 0 Å². The van der Waals surface area contributed by atoms with E-state index in [2.05, 4.69) is 15.1 Å². The number of aromatic nitrogens is 4. The molecule has 0 aliphatic rings. The molecule has 21 heavy (non-hydrogen) atoms. The molecule has 0 spiro atoms. The molecule has 3 rings (SSSR count). The lowest BCUT2D eigenvalue weighted by Gasteiger charge is -2.12. The average Bonchev–Trinajstić information content (AvgIpc) is 3.08. The number of hydrogen-bond donors (Lipinski definition) is 0. The summed E-state index contributed by atoms with van der Waals surface area (Å²) in [6.45, 7) is 0. The second kappa shape index (κ2) is 5.62. The van der Waals surface area contributed by atoms with Gasteiger partial charge in [-0.2, -0.15) is 5.10 Å². The molecular weight excluding hydrogens is 268 g/mol. The van der Waals surface area contributed by atoms with Gasteiger partial charge in [0.25, 0.3) is 0 Å². The van der Waals surface area contributed by atoms with Crippen molar-refractivity contribution in [3.05, 3.63) is 49.1 Å². The van der Waals surface area contributed by atoms with Gasteiger partial charge in [-0.25, -0.2) is 14.6 Å². The first kappa shape index (κ1) is 13.1. The highest BCUT2D eigenvalue weighted by molar-refractivity contribution is 5.74. The molecule has 0 N–H and O–H groups in total. The Morgan fingerprint density at radius 1 is 1.00 bits per heavy atom. The monoisotopic (exact) mass is 282 g/mol. The Morgan fingerprint density at radius 2 is 1.86 bits per heavy atom. The Hall–Kier alpha value is -2.89. The zero-order chi connectivity index (χ0) is 14.7. The number of rotatable bonds is 4. The molecule has 3 aromatic rings. The van der Waals surface area contributed by atoms with Crippen LogP contribution in [0.5, 0.6) is 11.6 Å². The van der Waals surface area contributed by atoms with Crippen molar-refractivity contribution in [1.82, 2.24) is 19.7 Å². The zero-order valence-corrected chi connectivity index (χ0v) is 11.7. The highest BCUT2D eigenvalue weighted by Gasteiger charge is 2.15. The van der Waals surface area contributed by atoms with Gasteiger partial charge < -0.3 is 9.47 Å². The number of methoxy groups -OCH3 is 2. The van der Waals surface area contributed by atoms with Crippen molar-refractivity contribution in [2.45, 2.75) is 0 Å². The summed E-state index contributed by atoms with van der Waals surface area (Å²) >= 11 is 0. The van der Waals surface area contributed by atoms with E-state index in [4.69, 9.17) is 9.47 Å². The van der Waals surface area contributed by atoms with Crippen molar-refractivity contribution >= 4 is 0 Å². The van der Waals surface area contributed by atoms with E-state index < -0.39 is 0 Å². The van der Waals surface area contributed by atoms with Gasteiger partial charge in [-0.3, -0.25) is 0 Å². The maximum absolute atomic E-state index is 5.29. The van der Waals surface area contributed by atoms with Crippen LogP contribution in [0, 0.1) is 0 Å². The number of ether oxygens (including phenoxy) is 2. The quantitative estimate of drug-likeness (QED) is 0.735. The standard InChI is InChI=1S/C15H14N4O2/c1-20-11-4-5-12(13(10-11)19-9-3-6-18-19)14-15(21-2)17-8-7-16-14/h3-10H,1-2H3. The first-order chi connectivity index (χ1) is 10.3. The highest BCUT2D eigenvalue weighted by Crippen LogP contribution is 2.32. The fourth-order valence-corrected chi connectivity index (χ4v) is 2.10. The molecule has 0 unspecified atom stereocenters. The third kappa shape index (κ3) is 2.43. The first-order valence-corrected chi connectivity index (χ1v) is 6.37. The van der Waals surface area contributed by atoms with E-state index in [9.17, 15) is 0 Å². The van der Waals surface area contributed by atoms with Crippen molar-refractivity contribution in [2.75, 3.05) is 14.2 Å². The molecule has 0 atom stereocenters. The van der Waals surface area contributed by atoms with E-state index >= 15 is 0 Å². The van der Waals surface area contributed by atoms with Gasteiger partial charge in [0.2, 0.25) is 5.88 Å². The molecular formula is C15H14N4O2. The zero-order valence-electron chi connectivity index (χ0n) is 11.7. The van der Waals surface area contributed by atoms with Crippen LogP contribution >= 0.6 is 0 Å². The summed E-state index contributed by atoms with van der Waals surface area (Å²) in [6, 6.07) is 7.55. The minimum absolute atomic E-state index is 0.469. The number of nitrogens with zero attached hydrogens (tertiary/aromatic N) is 4. The van der Waals surface area contributed by atoms with Gasteiger partial charge >= 0.3 is 0 Å². The van der Waals surface area contributed by atoms with Gasteiger partial charge in [-0.15, -0.1) is 0 Å². The van der Waals surface area contributed by atoms with Crippen LogP contribution in [0.2, 0.25) is 0 Å². The van der Waals surface area contributed by atoms with Gasteiger partial charge in [0.1, 0.15) is 11.4 Å². The van der Waals surface area contributed by atoms with Gasteiger partial charge in [-0.1, -0.05) is 0 Å². The van der Waals surface area contributed by atoms with Gasteiger partial charge in [0, 0.05) is 36.4 Å². The van der Waals surface area contributed by atoms with Crippen molar-refractivity contribution < 1.29 is 9.47 Å². The summed E-state index contributed by atoms with van der Waals surface area (Å²) in [5.74, 6) is 1.21. The molecule has 2 aromatic heterocycles. The molecule has 0 aliphatic heterocycles. The van der Waals surface area contributed by atoms with Crippen LogP contribution in [-0.4, -0.2) is 34.0 Å². The van der Waals surface area contributed by atoms with Crippen LogP contribution in [0.15, 0.2) is 49.1 Å². The normalized spacial score (nSPS) is 10.4. The van der Waals surface area contributed by atoms with Crippen LogP contribution in [0.1, 0.15) is 0 Å². The molecule has 0 fully saturated rings. The average molecular weight is 282 g/mol. The summed E-state index contributed by atoms with van der Waals surface area (Å²) in [5, 5.41) is 4.28. The van der Waals surface area contributed by atoms with Gasteiger partial charge in [0.15, 0.2) is 0 Å². The van der Waals surface area contributed by atoms with Crippen molar-refractivity contribution in [2.24, 2.45) is 0 Å². The Balaban J connectivity index is 2.23. The Labute approximate surface area is 122 Å². The molecule has 2 heterocycles. The summed E-state index contributed by atoms with van der Waals surface area (Å²) < 4.78 is 12.3. The molecule has 0 bridgehead atoms. The molecule has 0 aliphatic carbocycles. The van der Waals surface area contributed by atoms with E-state index in [1.165, 1.54) is 0 Å². The second-order valence-corrected chi connectivity index (χ2v) is 4.25. The van der Waals surface area contributed by atoms with Crippen LogP contribution in [0.3, 0.4) is 0 Å². The molecule has 0 saturated heterocycles. The minimum Gasteiger partial charge on any atom is -0.497 e. The lowest BCUT2D eigenvalue weighted by molar-refractivity contribution is 0.397. The third-order valence-electron chi connectivity index (χ3n) is 3.07. The predicted molar refractivity (Wildman–Crippen MR) is 77.7 cm³/mol. The van der Waals surface area contributed by atoms with E-state index in [1.54, 1.807) is 37.5 Å². The number of benzene rings is 1. The van der Waals surface area contributed by atoms with Crippen LogP contribution < -0.4 is 9.47 Å². The predicted octanol–water partition coefficient (Wildman–Crippen LogP) is 2.35. The lowest BCUT2D eigenvalue weighted by atomic mass is 10.1. The van der Waals surface area contributed by atoms with E-state index in [0.717, 1.165) is 17.0 Å². The minimum atomic E-state index is 0.469. The van der Waals surface area contributed by atoms with Gasteiger partial charge in [-0.05, 0) is 18.2 Å². The summed E-state index contributed by atoms with van der Waals surface area (Å²) in [4.78, 5) is 8.57. The SMILES string of the molecule is COc1ccc(-c2nccnc2OC)c(-n2cccn2)c1. The Morgan fingerprint density at radius 3 is 2.57 bits per heavy atom. The summed E-state index contributed by atoms with van der Waals surface area (Å²) in [5.41, 5.74) is 2.37. The van der Waals surface area contributed by atoms with E-state index in [0.29, 0.717) is 11.6 Å². The number of hydrogen-bond acceptors (Lipinski definition) is 5. The van der Waals surface area contributed by atoms with Gasteiger partial charge in [0.05, 0.1) is 19.9 Å². The lowest BCUT2D eigenvalue weighted by Crippen LogP contribution is -2.01. The van der Waals surface area contributed by atoms with E-state index in [1.807, 2.05) is 30.5 Å². The molecule has 0 radical (unpaired) electrons. The summed E-state index contributed by atoms with van der Waals surface area (Å²) in [6.07, 6.45) is 6.81. The molecule has 106 valence electrons. The molecule has 0 saturated carbocycles. The Bertz CT molecular complexity index is 741. The maximum Gasteiger partial charge on any atom is 0.240 e. The van der Waals surface area contributed by atoms with Crippen molar-refractivity contribution in [3.63, 3.8) is 0 Å². The maximum atomic E-state index is 5.29. The summed E-state index contributed by atoms with van der Waals surface area (Å²) in [7, 11) is 3.20. The van der Waals surface area contributed by atoms with Crippen LogP contribution in [0.4, 0.5) is 0 Å². The third-order valence-corrected chi connectivity index (χ3v) is 3.07. The smallest absolute Gasteiger partial charge is 0.240 e. The molecule has 6 heteroatoms. The Kier molecular flexibility index (Phi) is 3.51.